The lowest BCUT2D eigenvalue weighted by Gasteiger charge is -2.08. The summed E-state index contributed by atoms with van der Waals surface area (Å²) in [6.07, 6.45) is 9.55. The van der Waals surface area contributed by atoms with Crippen molar-refractivity contribution in [3.05, 3.63) is 116 Å². The molecule has 0 fully saturated rings. The van der Waals surface area contributed by atoms with Gasteiger partial charge in [0.25, 0.3) is 0 Å². The van der Waals surface area contributed by atoms with Crippen molar-refractivity contribution in [2.24, 2.45) is 0 Å². The molecule has 6 rings (SSSR count). The van der Waals surface area contributed by atoms with Gasteiger partial charge >= 0.3 is 0 Å². The molecule has 4 nitrogen and oxygen atoms in total. The van der Waals surface area contributed by atoms with Crippen molar-refractivity contribution >= 4 is 38.8 Å². The molecule has 3 aromatic heterocycles. The van der Waals surface area contributed by atoms with Crippen LogP contribution in [-0.4, -0.2) is 19.3 Å². The zero-order valence-corrected chi connectivity index (χ0v) is 17.4. The fraction of sp³-hybridized carbons (Fsp3) is 0. The van der Waals surface area contributed by atoms with Crippen LogP contribution in [0.1, 0.15) is 5.56 Å². The Bertz CT molecular complexity index is 1630. The molecule has 3 aromatic carbocycles. The SMILES string of the molecule is C=CC=Cc1cnnc(-n2c3ccccc3c3c4ccn(-c5ccccc5)c4ccc32)c1. The molecule has 0 radical (unpaired) electrons. The van der Waals surface area contributed by atoms with Gasteiger partial charge in [0.05, 0.1) is 22.7 Å². The molecule has 0 aliphatic heterocycles. The van der Waals surface area contributed by atoms with Crippen molar-refractivity contribution in [3.8, 4) is 11.5 Å². The van der Waals surface area contributed by atoms with Crippen LogP contribution in [0.15, 0.2) is 110 Å². The summed E-state index contributed by atoms with van der Waals surface area (Å²) in [5, 5.41) is 12.4. The molecular weight excluding hydrogens is 392 g/mol. The maximum Gasteiger partial charge on any atom is 0.160 e. The van der Waals surface area contributed by atoms with Crippen LogP contribution in [0.3, 0.4) is 0 Å². The fourth-order valence-electron chi connectivity index (χ4n) is 4.49. The maximum atomic E-state index is 4.47. The summed E-state index contributed by atoms with van der Waals surface area (Å²) >= 11 is 0. The Kier molecular flexibility index (Phi) is 4.22. The topological polar surface area (TPSA) is 35.6 Å². The molecule has 0 spiro atoms. The largest absolute Gasteiger partial charge is 0.317 e. The van der Waals surface area contributed by atoms with Gasteiger partial charge in [0, 0.05) is 28.0 Å². The van der Waals surface area contributed by atoms with Gasteiger partial charge in [-0.1, -0.05) is 61.2 Å². The van der Waals surface area contributed by atoms with Crippen molar-refractivity contribution in [3.63, 3.8) is 0 Å². The van der Waals surface area contributed by atoms with Crippen LogP contribution in [0, 0.1) is 0 Å². The summed E-state index contributed by atoms with van der Waals surface area (Å²) in [7, 11) is 0. The Morgan fingerprint density at radius 3 is 2.44 bits per heavy atom. The second kappa shape index (κ2) is 7.36. The van der Waals surface area contributed by atoms with Crippen molar-refractivity contribution in [1.82, 2.24) is 19.3 Å². The van der Waals surface area contributed by atoms with Crippen LogP contribution in [0.5, 0.6) is 0 Å². The van der Waals surface area contributed by atoms with Crippen LogP contribution in [0.2, 0.25) is 0 Å². The molecule has 0 unspecified atom stereocenters. The number of hydrogen-bond donors (Lipinski definition) is 0. The van der Waals surface area contributed by atoms with E-state index in [2.05, 4.69) is 105 Å². The Hall–Kier alpha value is -4.44. The number of rotatable bonds is 4. The Balaban J connectivity index is 1.67. The van der Waals surface area contributed by atoms with Crippen molar-refractivity contribution in [2.45, 2.75) is 0 Å². The number of aromatic nitrogens is 4. The van der Waals surface area contributed by atoms with Gasteiger partial charge < -0.3 is 4.57 Å². The number of hydrogen-bond acceptors (Lipinski definition) is 2. The zero-order chi connectivity index (χ0) is 21.5. The number of allylic oxidation sites excluding steroid dienone is 2. The van der Waals surface area contributed by atoms with Gasteiger partial charge in [-0.25, -0.2) is 0 Å². The van der Waals surface area contributed by atoms with E-state index >= 15 is 0 Å². The van der Waals surface area contributed by atoms with Gasteiger partial charge in [-0.3, -0.25) is 4.57 Å². The molecule has 0 saturated carbocycles. The normalized spacial score (nSPS) is 11.8. The number of fused-ring (bicyclic) bond motifs is 5. The van der Waals surface area contributed by atoms with E-state index in [1.54, 1.807) is 12.3 Å². The quantitative estimate of drug-likeness (QED) is 0.301. The summed E-state index contributed by atoms with van der Waals surface area (Å²) < 4.78 is 4.43. The second-order valence-electron chi connectivity index (χ2n) is 7.71. The van der Waals surface area contributed by atoms with Crippen LogP contribution in [0.25, 0.3) is 50.3 Å². The van der Waals surface area contributed by atoms with E-state index < -0.39 is 0 Å². The minimum atomic E-state index is 0.796. The standard InChI is InChI=1S/C28H20N4/c1-2-3-9-20-18-27(30-29-19-20)32-25-13-8-7-12-22(25)28-23-16-17-31(21-10-5-4-6-11-21)24(23)14-15-26(28)32/h2-19H,1H2. The van der Waals surface area contributed by atoms with E-state index in [0.717, 1.165) is 28.1 Å². The van der Waals surface area contributed by atoms with Gasteiger partial charge in [-0.05, 0) is 48.0 Å². The van der Waals surface area contributed by atoms with E-state index in [4.69, 9.17) is 0 Å². The highest BCUT2D eigenvalue weighted by atomic mass is 15.2. The van der Waals surface area contributed by atoms with Gasteiger partial charge in [0.15, 0.2) is 5.82 Å². The number of para-hydroxylation sites is 2. The van der Waals surface area contributed by atoms with E-state index in [9.17, 15) is 0 Å². The molecule has 6 aromatic rings. The molecule has 152 valence electrons. The first-order valence-electron chi connectivity index (χ1n) is 10.6. The van der Waals surface area contributed by atoms with Crippen LogP contribution in [0.4, 0.5) is 0 Å². The van der Waals surface area contributed by atoms with Gasteiger partial charge in [0.1, 0.15) is 0 Å². The Labute approximate surface area is 185 Å². The lowest BCUT2D eigenvalue weighted by molar-refractivity contribution is 0.950. The van der Waals surface area contributed by atoms with E-state index in [1.807, 2.05) is 18.2 Å². The smallest absolute Gasteiger partial charge is 0.160 e. The predicted molar refractivity (Wildman–Crippen MR) is 132 cm³/mol. The Morgan fingerprint density at radius 1 is 0.781 bits per heavy atom. The van der Waals surface area contributed by atoms with Crippen molar-refractivity contribution in [2.75, 3.05) is 0 Å². The maximum absolute atomic E-state index is 4.47. The highest BCUT2D eigenvalue weighted by Crippen LogP contribution is 2.37. The summed E-state index contributed by atoms with van der Waals surface area (Å²) in [5.41, 5.74) is 5.54. The molecule has 4 heteroatoms. The zero-order valence-electron chi connectivity index (χ0n) is 17.4. The lowest BCUT2D eigenvalue weighted by atomic mass is 10.1. The van der Waals surface area contributed by atoms with Gasteiger partial charge in [-0.15, -0.1) is 5.10 Å². The monoisotopic (exact) mass is 412 g/mol. The van der Waals surface area contributed by atoms with Gasteiger partial charge in [-0.2, -0.15) is 5.10 Å². The molecule has 3 heterocycles. The first kappa shape index (κ1) is 18.3. The molecular formula is C28H20N4. The van der Waals surface area contributed by atoms with Crippen LogP contribution >= 0.6 is 0 Å². The molecule has 0 aliphatic rings. The van der Waals surface area contributed by atoms with Crippen molar-refractivity contribution < 1.29 is 0 Å². The van der Waals surface area contributed by atoms with Gasteiger partial charge in [0.2, 0.25) is 0 Å². The Morgan fingerprint density at radius 2 is 1.56 bits per heavy atom. The molecule has 0 amide bonds. The average Bonchev–Trinajstić information content (AvgIpc) is 3.42. The average molecular weight is 412 g/mol. The van der Waals surface area contributed by atoms with E-state index in [0.29, 0.717) is 0 Å². The van der Waals surface area contributed by atoms with Crippen LogP contribution in [-0.2, 0) is 0 Å². The fourth-order valence-corrected chi connectivity index (χ4v) is 4.49. The minimum Gasteiger partial charge on any atom is -0.317 e. The summed E-state index contributed by atoms with van der Waals surface area (Å²) in [6.45, 7) is 3.75. The summed E-state index contributed by atoms with van der Waals surface area (Å²) in [6, 6.07) is 27.6. The van der Waals surface area contributed by atoms with Crippen molar-refractivity contribution in [1.29, 1.82) is 0 Å². The van der Waals surface area contributed by atoms with Crippen LogP contribution < -0.4 is 0 Å². The summed E-state index contributed by atoms with van der Waals surface area (Å²) in [5.74, 6) is 0.796. The first-order chi connectivity index (χ1) is 15.8. The number of nitrogens with zero attached hydrogens (tertiary/aromatic N) is 4. The third-order valence-corrected chi connectivity index (χ3v) is 5.86. The molecule has 0 bridgehead atoms. The first-order valence-corrected chi connectivity index (χ1v) is 10.6. The highest BCUT2D eigenvalue weighted by molar-refractivity contribution is 6.21. The number of benzene rings is 3. The molecule has 0 saturated heterocycles. The summed E-state index contributed by atoms with van der Waals surface area (Å²) in [4.78, 5) is 0. The third-order valence-electron chi connectivity index (χ3n) is 5.86. The molecule has 0 N–H and O–H groups in total. The molecule has 32 heavy (non-hydrogen) atoms. The predicted octanol–water partition coefficient (Wildman–Crippen LogP) is 6.72. The van der Waals surface area contributed by atoms with E-state index in [1.165, 1.54) is 21.7 Å². The van der Waals surface area contributed by atoms with E-state index in [-0.39, 0.29) is 0 Å². The minimum absolute atomic E-state index is 0.796. The third kappa shape index (κ3) is 2.77. The molecule has 0 aliphatic carbocycles. The highest BCUT2D eigenvalue weighted by Gasteiger charge is 2.17. The second-order valence-corrected chi connectivity index (χ2v) is 7.71. The lowest BCUT2D eigenvalue weighted by Crippen LogP contribution is -1.99. The molecule has 0 atom stereocenters.